The second-order valence-electron chi connectivity index (χ2n) is 3.45. The van der Waals surface area contributed by atoms with Crippen LogP contribution in [0.3, 0.4) is 0 Å². The van der Waals surface area contributed by atoms with Gasteiger partial charge in [-0.1, -0.05) is 18.2 Å². The van der Waals surface area contributed by atoms with Crippen LogP contribution in [0.4, 0.5) is 5.69 Å². The molecule has 0 aliphatic carbocycles. The molecule has 1 aromatic rings. The predicted octanol–water partition coefficient (Wildman–Crippen LogP) is 2.67. The van der Waals surface area contributed by atoms with Crippen LogP contribution in [0.25, 0.3) is 0 Å². The highest BCUT2D eigenvalue weighted by Gasteiger charge is 2.11. The highest BCUT2D eigenvalue weighted by atomic mass is 16.7. The molecule has 0 amide bonds. The normalized spacial score (nSPS) is 10.8. The quantitative estimate of drug-likeness (QED) is 0.721. The van der Waals surface area contributed by atoms with Crippen molar-refractivity contribution in [2.24, 2.45) is 0 Å². The third kappa shape index (κ3) is 3.83. The van der Waals surface area contributed by atoms with Crippen molar-refractivity contribution in [2.45, 2.75) is 26.6 Å². The Morgan fingerprint density at radius 3 is 2.31 bits per heavy atom. The van der Waals surface area contributed by atoms with Crippen molar-refractivity contribution in [3.8, 4) is 0 Å². The lowest BCUT2D eigenvalue weighted by Gasteiger charge is -2.18. The molecule has 1 aromatic carbocycles. The molecule has 3 heteroatoms. The molecule has 0 unspecified atom stereocenters. The zero-order chi connectivity index (χ0) is 11.8. The number of ether oxygens (including phenoxy) is 2. The highest BCUT2D eigenvalue weighted by molar-refractivity contribution is 5.50. The first-order chi connectivity index (χ1) is 7.81. The average molecular weight is 223 g/mol. The molecule has 3 nitrogen and oxygen atoms in total. The molecule has 0 saturated carbocycles. The third-order valence-corrected chi connectivity index (χ3v) is 2.38. The Labute approximate surface area is 97.8 Å². The molecule has 0 aromatic heterocycles. The Morgan fingerprint density at radius 2 is 1.75 bits per heavy atom. The fourth-order valence-electron chi connectivity index (χ4n) is 1.66. The van der Waals surface area contributed by atoms with Gasteiger partial charge in [0.15, 0.2) is 6.29 Å². The van der Waals surface area contributed by atoms with Gasteiger partial charge in [0.1, 0.15) is 0 Å². The number of rotatable bonds is 7. The molecular formula is C13H21NO2. The van der Waals surface area contributed by atoms with Crippen molar-refractivity contribution in [2.75, 3.05) is 25.6 Å². The minimum absolute atomic E-state index is 0.149. The van der Waals surface area contributed by atoms with Gasteiger partial charge in [0.2, 0.25) is 0 Å². The number of hydrogen-bond acceptors (Lipinski definition) is 3. The molecule has 1 rings (SSSR count). The van der Waals surface area contributed by atoms with Gasteiger partial charge < -0.3 is 14.8 Å². The van der Waals surface area contributed by atoms with Gasteiger partial charge in [-0.2, -0.15) is 0 Å². The molecule has 1 N–H and O–H groups in total. The number of para-hydroxylation sites is 1. The van der Waals surface area contributed by atoms with Gasteiger partial charge in [0, 0.05) is 32.4 Å². The van der Waals surface area contributed by atoms with Crippen LogP contribution in [0.1, 0.15) is 19.4 Å². The molecule has 0 bridgehead atoms. The van der Waals surface area contributed by atoms with E-state index in [-0.39, 0.29) is 6.29 Å². The summed E-state index contributed by atoms with van der Waals surface area (Å²) in [6.07, 6.45) is 0.628. The maximum Gasteiger partial charge on any atom is 0.161 e. The Hall–Kier alpha value is -1.06. The second-order valence-corrected chi connectivity index (χ2v) is 3.45. The number of nitrogens with one attached hydrogen (secondary N) is 1. The Balaban J connectivity index is 2.67. The van der Waals surface area contributed by atoms with E-state index in [1.807, 2.05) is 33.0 Å². The number of anilines is 1. The van der Waals surface area contributed by atoms with Gasteiger partial charge in [0.25, 0.3) is 0 Å². The minimum atomic E-state index is -0.149. The summed E-state index contributed by atoms with van der Waals surface area (Å²) in [6.45, 7) is 5.31. The van der Waals surface area contributed by atoms with Crippen LogP contribution in [0.5, 0.6) is 0 Å². The average Bonchev–Trinajstić information content (AvgIpc) is 2.30. The van der Waals surface area contributed by atoms with E-state index in [0.29, 0.717) is 13.2 Å². The van der Waals surface area contributed by atoms with Crippen LogP contribution in [-0.4, -0.2) is 26.6 Å². The molecule has 0 aliphatic heterocycles. The summed E-state index contributed by atoms with van der Waals surface area (Å²) in [7, 11) is 1.93. The topological polar surface area (TPSA) is 30.5 Å². The Bertz CT molecular complexity index is 296. The van der Waals surface area contributed by atoms with Crippen LogP contribution in [0.15, 0.2) is 24.3 Å². The van der Waals surface area contributed by atoms with Crippen molar-refractivity contribution < 1.29 is 9.47 Å². The van der Waals surface area contributed by atoms with E-state index < -0.39 is 0 Å². The number of hydrogen-bond donors (Lipinski definition) is 1. The molecule has 0 aliphatic rings. The molecule has 90 valence electrons. The minimum Gasteiger partial charge on any atom is -0.388 e. The summed E-state index contributed by atoms with van der Waals surface area (Å²) in [5, 5.41) is 3.17. The zero-order valence-corrected chi connectivity index (χ0v) is 10.3. The summed E-state index contributed by atoms with van der Waals surface area (Å²) in [6, 6.07) is 8.21. The van der Waals surface area contributed by atoms with Crippen molar-refractivity contribution in [3.05, 3.63) is 29.8 Å². The van der Waals surface area contributed by atoms with Crippen LogP contribution >= 0.6 is 0 Å². The van der Waals surface area contributed by atoms with Gasteiger partial charge in [-0.25, -0.2) is 0 Å². The van der Waals surface area contributed by atoms with Crippen LogP contribution in [-0.2, 0) is 15.9 Å². The first kappa shape index (κ1) is 13.0. The monoisotopic (exact) mass is 223 g/mol. The first-order valence-electron chi connectivity index (χ1n) is 5.80. The maximum absolute atomic E-state index is 5.54. The lowest BCUT2D eigenvalue weighted by atomic mass is 10.1. The lowest BCUT2D eigenvalue weighted by Crippen LogP contribution is -2.20. The molecule has 0 radical (unpaired) electrons. The standard InChI is InChI=1S/C13H21NO2/c1-4-15-13(16-5-2)10-11-8-6-7-9-12(11)14-3/h6-9,13-14H,4-5,10H2,1-3H3. The maximum atomic E-state index is 5.54. The van der Waals surface area contributed by atoms with E-state index in [1.54, 1.807) is 0 Å². The molecule has 0 spiro atoms. The predicted molar refractivity (Wildman–Crippen MR) is 66.7 cm³/mol. The Morgan fingerprint density at radius 1 is 1.12 bits per heavy atom. The van der Waals surface area contributed by atoms with Crippen LogP contribution in [0.2, 0.25) is 0 Å². The molecule has 16 heavy (non-hydrogen) atoms. The van der Waals surface area contributed by atoms with Crippen LogP contribution in [0, 0.1) is 0 Å². The van der Waals surface area contributed by atoms with Gasteiger partial charge >= 0.3 is 0 Å². The van der Waals surface area contributed by atoms with Crippen LogP contribution < -0.4 is 5.32 Å². The van der Waals surface area contributed by atoms with Gasteiger partial charge in [-0.05, 0) is 25.5 Å². The summed E-state index contributed by atoms with van der Waals surface area (Å²) in [5.41, 5.74) is 2.35. The number of benzene rings is 1. The summed E-state index contributed by atoms with van der Waals surface area (Å²) >= 11 is 0. The largest absolute Gasteiger partial charge is 0.388 e. The van der Waals surface area contributed by atoms with Gasteiger partial charge in [0.05, 0.1) is 0 Å². The van der Waals surface area contributed by atoms with E-state index >= 15 is 0 Å². The molecule has 0 fully saturated rings. The van der Waals surface area contributed by atoms with Crippen molar-refractivity contribution in [1.29, 1.82) is 0 Å². The lowest BCUT2D eigenvalue weighted by molar-refractivity contribution is -0.134. The van der Waals surface area contributed by atoms with Gasteiger partial charge in [-0.3, -0.25) is 0 Å². The van der Waals surface area contributed by atoms with E-state index in [2.05, 4.69) is 17.4 Å². The van der Waals surface area contributed by atoms with E-state index in [9.17, 15) is 0 Å². The first-order valence-corrected chi connectivity index (χ1v) is 5.80. The van der Waals surface area contributed by atoms with E-state index in [1.165, 1.54) is 5.56 Å². The van der Waals surface area contributed by atoms with E-state index in [0.717, 1.165) is 12.1 Å². The van der Waals surface area contributed by atoms with E-state index in [4.69, 9.17) is 9.47 Å². The van der Waals surface area contributed by atoms with Gasteiger partial charge in [-0.15, -0.1) is 0 Å². The third-order valence-electron chi connectivity index (χ3n) is 2.38. The molecule has 0 heterocycles. The fourth-order valence-corrected chi connectivity index (χ4v) is 1.66. The fraction of sp³-hybridized carbons (Fsp3) is 0.538. The summed E-state index contributed by atoms with van der Waals surface area (Å²) < 4.78 is 11.1. The van der Waals surface area contributed by atoms with Crippen molar-refractivity contribution in [1.82, 2.24) is 0 Å². The smallest absolute Gasteiger partial charge is 0.161 e. The second kappa shape index (κ2) is 7.25. The Kier molecular flexibility index (Phi) is 5.90. The molecular weight excluding hydrogens is 202 g/mol. The highest BCUT2D eigenvalue weighted by Crippen LogP contribution is 2.17. The molecule has 0 saturated heterocycles. The zero-order valence-electron chi connectivity index (χ0n) is 10.3. The molecule has 0 atom stereocenters. The van der Waals surface area contributed by atoms with Crippen molar-refractivity contribution >= 4 is 5.69 Å². The summed E-state index contributed by atoms with van der Waals surface area (Å²) in [5.74, 6) is 0. The SMILES string of the molecule is CCOC(Cc1ccccc1NC)OCC. The van der Waals surface area contributed by atoms with Crippen molar-refractivity contribution in [3.63, 3.8) is 0 Å². The summed E-state index contributed by atoms with van der Waals surface area (Å²) in [4.78, 5) is 0.